The maximum atomic E-state index is 13.4. The van der Waals surface area contributed by atoms with Crippen molar-refractivity contribution in [3.8, 4) is 5.75 Å². The number of methoxy groups -OCH3 is 1. The van der Waals surface area contributed by atoms with Gasteiger partial charge < -0.3 is 33.5 Å². The number of aliphatic hydroxyl groups excluding tert-OH is 1. The Kier molecular flexibility index (Phi) is 13.6. The van der Waals surface area contributed by atoms with Crippen LogP contribution >= 0.6 is 11.6 Å². The number of hydrogen-bond acceptors (Lipinski definition) is 8. The third-order valence-electron chi connectivity index (χ3n) is 9.54. The molecule has 56 heavy (non-hydrogen) atoms. The van der Waals surface area contributed by atoms with E-state index in [0.29, 0.717) is 22.4 Å². The minimum absolute atomic E-state index is 0.0617. The topological polar surface area (TPSA) is 92.7 Å². The zero-order chi connectivity index (χ0) is 39.6. The summed E-state index contributed by atoms with van der Waals surface area (Å²) in [6.45, 7) is -1.95. The van der Waals surface area contributed by atoms with Crippen LogP contribution in [0.15, 0.2) is 133 Å². The van der Waals surface area contributed by atoms with E-state index in [1.165, 1.54) is 19.2 Å². The number of carbonyl (C=O) groups excluding carboxylic acids is 1. The Labute approximate surface area is 328 Å². The molecule has 0 radical (unpaired) electrons. The number of hydrogen-bond donors (Lipinski definition) is 1. The number of aliphatic hydroxyl groups is 1. The van der Waals surface area contributed by atoms with Crippen LogP contribution in [0.2, 0.25) is 5.02 Å². The lowest BCUT2D eigenvalue weighted by atomic mass is 9.80. The van der Waals surface area contributed by atoms with E-state index in [0.717, 1.165) is 22.3 Å². The quantitative estimate of drug-likeness (QED) is 0.0940. The molecule has 0 unspecified atom stereocenters. The van der Waals surface area contributed by atoms with E-state index in [-0.39, 0.29) is 32.0 Å². The molecule has 1 aliphatic rings. The number of carbonyl (C=O) groups is 1. The largest absolute Gasteiger partial charge is 0.484 e. The molecule has 294 valence electrons. The summed E-state index contributed by atoms with van der Waals surface area (Å²) in [5, 5.41) is 11.5. The Morgan fingerprint density at radius 2 is 1.27 bits per heavy atom. The fourth-order valence-corrected chi connectivity index (χ4v) is 6.90. The van der Waals surface area contributed by atoms with Crippen LogP contribution in [0.25, 0.3) is 0 Å². The Morgan fingerprint density at radius 3 is 1.77 bits per heavy atom. The predicted octanol–water partition coefficient (Wildman–Crippen LogP) is 8.39. The van der Waals surface area contributed by atoms with Gasteiger partial charge in [0.25, 0.3) is 0 Å². The molecule has 6 rings (SSSR count). The van der Waals surface area contributed by atoms with Gasteiger partial charge in [0.1, 0.15) is 24.1 Å². The van der Waals surface area contributed by atoms with E-state index in [2.05, 4.69) is 0 Å². The normalized spacial score (nSPS) is 22.4. The van der Waals surface area contributed by atoms with E-state index in [1.807, 2.05) is 91.0 Å². The third kappa shape index (κ3) is 9.85. The second-order valence-electron chi connectivity index (χ2n) is 13.4. The average Bonchev–Trinajstić information content (AvgIpc) is 3.22. The van der Waals surface area contributed by atoms with Crippen molar-refractivity contribution in [2.45, 2.75) is 62.1 Å². The lowest BCUT2D eigenvalue weighted by molar-refractivity contribution is -0.401. The molecular weight excluding hydrogens is 749 g/mol. The summed E-state index contributed by atoms with van der Waals surface area (Å²) >= 11 is 6.76. The molecule has 0 aliphatic carbocycles. The second-order valence-corrected chi connectivity index (χ2v) is 13.8. The maximum Gasteiger partial charge on any atom is 0.422 e. The number of alkyl halides is 3. The Morgan fingerprint density at radius 1 is 0.732 bits per heavy atom. The van der Waals surface area contributed by atoms with Crippen LogP contribution in [0.5, 0.6) is 5.75 Å². The molecule has 0 amide bonds. The molecule has 8 nitrogen and oxygen atoms in total. The van der Waals surface area contributed by atoms with Gasteiger partial charge in [-0.2, -0.15) is 13.2 Å². The van der Waals surface area contributed by atoms with E-state index in [9.17, 15) is 23.1 Å². The van der Waals surface area contributed by atoms with Crippen molar-refractivity contribution in [3.63, 3.8) is 0 Å². The zero-order valence-corrected chi connectivity index (χ0v) is 31.3. The first kappa shape index (κ1) is 41.1. The average molecular weight is 791 g/mol. The van der Waals surface area contributed by atoms with E-state index >= 15 is 0 Å². The molecule has 1 N–H and O–H groups in total. The van der Waals surface area contributed by atoms with Gasteiger partial charge in [0.05, 0.1) is 26.4 Å². The lowest BCUT2D eigenvalue weighted by Crippen LogP contribution is -2.72. The molecule has 0 aromatic heterocycles. The molecule has 1 heterocycles. The van der Waals surface area contributed by atoms with Gasteiger partial charge in [-0.15, -0.1) is 0 Å². The molecule has 5 atom stereocenters. The molecule has 1 fully saturated rings. The second kappa shape index (κ2) is 18.6. The van der Waals surface area contributed by atoms with Crippen molar-refractivity contribution in [2.24, 2.45) is 0 Å². The highest BCUT2D eigenvalue weighted by molar-refractivity contribution is 6.31. The fraction of sp³-hybridized carbons (Fsp3) is 0.295. The van der Waals surface area contributed by atoms with Crippen LogP contribution in [-0.2, 0) is 60.5 Å². The van der Waals surface area contributed by atoms with Crippen LogP contribution in [0.1, 0.15) is 33.4 Å². The predicted molar refractivity (Wildman–Crippen MR) is 203 cm³/mol. The molecular formula is C44H42ClF3O8. The van der Waals surface area contributed by atoms with Gasteiger partial charge in [-0.1, -0.05) is 121 Å². The first-order valence-corrected chi connectivity index (χ1v) is 18.3. The minimum Gasteiger partial charge on any atom is -0.484 e. The summed E-state index contributed by atoms with van der Waals surface area (Å²) in [6, 6.07) is 39.6. The SMILES string of the molecule is CO[C@@]1(c2ccc(Cl)c(Cc3ccc(OCC(F)(F)F)cc3)c2)O[C@@](C=O)(CO)[C@@H](OCc2ccccc2)[C@H](OCc2ccccc2)[C@H]1OCc1ccccc1. The van der Waals surface area contributed by atoms with Crippen molar-refractivity contribution in [3.05, 3.63) is 172 Å². The molecule has 5 aromatic rings. The van der Waals surface area contributed by atoms with E-state index < -0.39 is 49.1 Å². The number of ether oxygens (including phenoxy) is 6. The molecule has 5 aromatic carbocycles. The summed E-state index contributed by atoms with van der Waals surface area (Å²) in [7, 11) is 1.42. The summed E-state index contributed by atoms with van der Waals surface area (Å²) in [5.41, 5.74) is 2.24. The molecule has 1 aliphatic heterocycles. The highest BCUT2D eigenvalue weighted by Gasteiger charge is 2.64. The summed E-state index contributed by atoms with van der Waals surface area (Å²) in [6.07, 6.45) is -7.07. The zero-order valence-electron chi connectivity index (χ0n) is 30.6. The molecule has 12 heteroatoms. The standard InChI is InChI=1S/C44H42ClF3O8/c1-51-44(36-19-22-38(45)35(24-36)23-31-17-20-37(21-18-31)55-30-43(46,47)48)41(54-27-34-15-9-4-10-16-34)39(52-25-32-11-5-2-6-12-32)40(42(28-49,29-50)56-44)53-26-33-13-7-3-8-14-33/h2-22,24,28,39-41,50H,23,25-27,29-30H2,1H3/t39-,40-,41+,42-,44-/m0/s1. The van der Waals surface area contributed by atoms with Gasteiger partial charge in [-0.05, 0) is 58.5 Å². The molecule has 0 saturated carbocycles. The summed E-state index contributed by atoms with van der Waals surface area (Å²) in [4.78, 5) is 13.4. The van der Waals surface area contributed by atoms with Gasteiger partial charge in [0, 0.05) is 17.7 Å². The van der Waals surface area contributed by atoms with Gasteiger partial charge in [-0.3, -0.25) is 4.79 Å². The molecule has 0 spiro atoms. The van der Waals surface area contributed by atoms with Crippen LogP contribution in [-0.4, -0.2) is 61.8 Å². The number of halogens is 4. The number of rotatable bonds is 17. The minimum atomic E-state index is -4.47. The van der Waals surface area contributed by atoms with Crippen LogP contribution in [0.3, 0.4) is 0 Å². The Bertz CT molecular complexity index is 1990. The van der Waals surface area contributed by atoms with Crippen LogP contribution < -0.4 is 4.74 Å². The lowest BCUT2D eigenvalue weighted by Gasteiger charge is -2.55. The van der Waals surface area contributed by atoms with Crippen molar-refractivity contribution in [1.29, 1.82) is 0 Å². The van der Waals surface area contributed by atoms with E-state index in [1.54, 1.807) is 30.3 Å². The van der Waals surface area contributed by atoms with E-state index in [4.69, 9.17) is 40.0 Å². The monoisotopic (exact) mass is 790 g/mol. The van der Waals surface area contributed by atoms with Gasteiger partial charge >= 0.3 is 6.18 Å². The van der Waals surface area contributed by atoms with Gasteiger partial charge in [0.15, 0.2) is 18.5 Å². The fourth-order valence-electron chi connectivity index (χ4n) is 6.72. The van der Waals surface area contributed by atoms with Gasteiger partial charge in [0.2, 0.25) is 5.79 Å². The first-order valence-electron chi connectivity index (χ1n) is 17.9. The Balaban J connectivity index is 1.42. The smallest absolute Gasteiger partial charge is 0.422 e. The number of aldehydes is 1. The summed E-state index contributed by atoms with van der Waals surface area (Å²) in [5.74, 6) is -1.82. The maximum absolute atomic E-state index is 13.4. The Hall–Kier alpha value is -4.59. The van der Waals surface area contributed by atoms with Crippen LogP contribution in [0.4, 0.5) is 13.2 Å². The van der Waals surface area contributed by atoms with Gasteiger partial charge in [-0.25, -0.2) is 0 Å². The third-order valence-corrected chi connectivity index (χ3v) is 9.91. The summed E-state index contributed by atoms with van der Waals surface area (Å²) < 4.78 is 76.1. The first-order chi connectivity index (χ1) is 27.1. The molecule has 1 saturated heterocycles. The van der Waals surface area contributed by atoms with Crippen molar-refractivity contribution in [1.82, 2.24) is 0 Å². The highest BCUT2D eigenvalue weighted by Crippen LogP contribution is 2.48. The van der Waals surface area contributed by atoms with Crippen molar-refractivity contribution < 1.29 is 51.5 Å². The molecule has 0 bridgehead atoms. The number of benzene rings is 5. The van der Waals surface area contributed by atoms with Crippen molar-refractivity contribution in [2.75, 3.05) is 20.3 Å². The highest BCUT2D eigenvalue weighted by atomic mass is 35.5. The van der Waals surface area contributed by atoms with Crippen LogP contribution in [0, 0.1) is 0 Å². The van der Waals surface area contributed by atoms with Crippen molar-refractivity contribution >= 4 is 17.9 Å².